The fourth-order valence-electron chi connectivity index (χ4n) is 2.16. The van der Waals surface area contributed by atoms with Crippen molar-refractivity contribution < 1.29 is 8.42 Å². The summed E-state index contributed by atoms with van der Waals surface area (Å²) in [5, 5.41) is 7.41. The van der Waals surface area contributed by atoms with Crippen molar-refractivity contribution in [2.24, 2.45) is 5.73 Å². The number of amidine groups is 1. The van der Waals surface area contributed by atoms with Gasteiger partial charge in [-0.25, -0.2) is 13.1 Å². The van der Waals surface area contributed by atoms with Crippen LogP contribution in [0.1, 0.15) is 25.7 Å². The van der Waals surface area contributed by atoms with E-state index in [0.29, 0.717) is 12.8 Å². The van der Waals surface area contributed by atoms with Gasteiger partial charge in [0.15, 0.2) is 0 Å². The minimum atomic E-state index is -3.30. The van der Waals surface area contributed by atoms with E-state index in [0.717, 1.165) is 25.9 Å². The fourth-order valence-corrected chi connectivity index (χ4v) is 3.94. The summed E-state index contributed by atoms with van der Waals surface area (Å²) in [6.07, 6.45) is 2.60. The number of rotatable bonds is 4. The number of hydrogen-bond acceptors (Lipinski definition) is 4. The summed E-state index contributed by atoms with van der Waals surface area (Å²) in [6, 6.07) is 0. The highest BCUT2D eigenvalue weighted by atomic mass is 32.2. The number of likely N-dealkylation sites (tertiary alicyclic amines) is 1. The predicted molar refractivity (Wildman–Crippen MR) is 66.5 cm³/mol. The molecule has 1 saturated heterocycles. The summed E-state index contributed by atoms with van der Waals surface area (Å²) in [7, 11) is -1.31. The Labute approximate surface area is 102 Å². The quantitative estimate of drug-likeness (QED) is 0.467. The van der Waals surface area contributed by atoms with Gasteiger partial charge in [0.1, 0.15) is 5.84 Å². The van der Waals surface area contributed by atoms with Crippen molar-refractivity contribution in [1.29, 1.82) is 5.41 Å². The smallest absolute Gasteiger partial charge is 0.215 e. The Hall–Kier alpha value is -0.660. The molecule has 7 heteroatoms. The number of sulfonamides is 1. The zero-order valence-electron chi connectivity index (χ0n) is 10.1. The normalized spacial score (nSPS) is 25.7. The lowest BCUT2D eigenvalue weighted by Crippen LogP contribution is -2.62. The summed E-state index contributed by atoms with van der Waals surface area (Å²) < 4.78 is 26.6. The third kappa shape index (κ3) is 2.61. The second-order valence-corrected chi connectivity index (χ2v) is 7.11. The average Bonchev–Trinajstić information content (AvgIpc) is 3.04. The van der Waals surface area contributed by atoms with Gasteiger partial charge < -0.3 is 10.6 Å². The van der Waals surface area contributed by atoms with Crippen LogP contribution in [0.4, 0.5) is 0 Å². The Morgan fingerprint density at radius 2 is 1.94 bits per heavy atom. The molecule has 1 heterocycles. The van der Waals surface area contributed by atoms with Crippen LogP contribution in [0, 0.1) is 5.41 Å². The Bertz CT molecular complexity index is 408. The summed E-state index contributed by atoms with van der Waals surface area (Å²) in [5.41, 5.74) is 4.76. The van der Waals surface area contributed by atoms with Crippen molar-refractivity contribution in [1.82, 2.24) is 9.62 Å². The number of piperidine rings is 1. The molecule has 0 amide bonds. The van der Waals surface area contributed by atoms with Crippen LogP contribution in [0.15, 0.2) is 0 Å². The lowest BCUT2D eigenvalue weighted by atomic mass is 9.88. The van der Waals surface area contributed by atoms with Gasteiger partial charge in [0.05, 0.1) is 10.8 Å². The van der Waals surface area contributed by atoms with Gasteiger partial charge in [0.25, 0.3) is 0 Å². The minimum Gasteiger partial charge on any atom is -0.386 e. The predicted octanol–water partition coefficient (Wildman–Crippen LogP) is -0.531. The Morgan fingerprint density at radius 3 is 2.35 bits per heavy atom. The van der Waals surface area contributed by atoms with Crippen LogP contribution in [-0.2, 0) is 10.0 Å². The van der Waals surface area contributed by atoms with Crippen LogP contribution in [-0.4, -0.2) is 50.1 Å². The molecule has 98 valence electrons. The number of nitrogens with two attached hydrogens (primary N) is 1. The zero-order chi connectivity index (χ0) is 12.7. The maximum Gasteiger partial charge on any atom is 0.215 e. The van der Waals surface area contributed by atoms with E-state index in [4.69, 9.17) is 11.1 Å². The first-order valence-corrected chi connectivity index (χ1v) is 7.46. The molecule has 1 aliphatic heterocycles. The van der Waals surface area contributed by atoms with E-state index in [-0.39, 0.29) is 11.1 Å². The van der Waals surface area contributed by atoms with Gasteiger partial charge in [-0.1, -0.05) is 0 Å². The molecule has 0 aromatic heterocycles. The molecular weight excluding hydrogens is 240 g/mol. The van der Waals surface area contributed by atoms with Crippen molar-refractivity contribution in [3.8, 4) is 0 Å². The maximum absolute atomic E-state index is 12.0. The number of nitrogens with zero attached hydrogens (tertiary/aromatic N) is 1. The molecule has 2 rings (SSSR count). The fraction of sp³-hybridized carbons (Fsp3) is 0.900. The summed E-state index contributed by atoms with van der Waals surface area (Å²) in [5.74, 6) is -0.0603. The second-order valence-electron chi connectivity index (χ2n) is 5.15. The summed E-state index contributed by atoms with van der Waals surface area (Å²) in [6.45, 7) is 1.51. The van der Waals surface area contributed by atoms with E-state index < -0.39 is 15.6 Å². The molecule has 1 saturated carbocycles. The molecular formula is C10H20N4O2S. The van der Waals surface area contributed by atoms with Crippen LogP contribution >= 0.6 is 0 Å². The molecule has 1 aliphatic carbocycles. The Balaban J connectivity index is 2.15. The molecule has 0 aromatic carbocycles. The highest BCUT2D eigenvalue weighted by molar-refractivity contribution is 7.90. The minimum absolute atomic E-state index is 0.0603. The van der Waals surface area contributed by atoms with E-state index in [9.17, 15) is 8.42 Å². The molecule has 4 N–H and O–H groups in total. The monoisotopic (exact) mass is 260 g/mol. The highest BCUT2D eigenvalue weighted by Crippen LogP contribution is 2.31. The topological polar surface area (TPSA) is 99.3 Å². The first-order chi connectivity index (χ1) is 7.86. The third-order valence-corrected chi connectivity index (χ3v) is 5.68. The lowest BCUT2D eigenvalue weighted by molar-refractivity contribution is 0.218. The lowest BCUT2D eigenvalue weighted by Gasteiger charge is -2.40. The molecule has 2 aliphatic rings. The second kappa shape index (κ2) is 4.22. The van der Waals surface area contributed by atoms with Gasteiger partial charge >= 0.3 is 0 Å². The van der Waals surface area contributed by atoms with Crippen molar-refractivity contribution >= 4 is 15.9 Å². The Morgan fingerprint density at radius 1 is 1.41 bits per heavy atom. The van der Waals surface area contributed by atoms with E-state index >= 15 is 0 Å². The molecule has 0 bridgehead atoms. The first-order valence-electron chi connectivity index (χ1n) is 5.92. The van der Waals surface area contributed by atoms with Crippen LogP contribution in [0.3, 0.4) is 0 Å². The van der Waals surface area contributed by atoms with Gasteiger partial charge in [-0.3, -0.25) is 5.41 Å². The molecule has 0 spiro atoms. The van der Waals surface area contributed by atoms with Crippen LogP contribution in [0.5, 0.6) is 0 Å². The van der Waals surface area contributed by atoms with Gasteiger partial charge in [0, 0.05) is 13.1 Å². The first kappa shape index (κ1) is 12.8. The molecule has 2 fully saturated rings. The summed E-state index contributed by atoms with van der Waals surface area (Å²) in [4.78, 5) is 2.12. The number of nitrogens with one attached hydrogen (secondary N) is 2. The molecule has 0 unspecified atom stereocenters. The van der Waals surface area contributed by atoms with Gasteiger partial charge in [-0.05, 0) is 32.7 Å². The van der Waals surface area contributed by atoms with E-state index in [2.05, 4.69) is 9.62 Å². The zero-order valence-corrected chi connectivity index (χ0v) is 10.9. The van der Waals surface area contributed by atoms with Gasteiger partial charge in [-0.15, -0.1) is 0 Å². The maximum atomic E-state index is 12.0. The van der Waals surface area contributed by atoms with E-state index in [1.54, 1.807) is 0 Å². The van der Waals surface area contributed by atoms with Gasteiger partial charge in [0.2, 0.25) is 10.0 Å². The van der Waals surface area contributed by atoms with E-state index in [1.807, 2.05) is 7.05 Å². The summed E-state index contributed by atoms with van der Waals surface area (Å²) >= 11 is 0. The number of hydrogen-bond donors (Lipinski definition) is 3. The van der Waals surface area contributed by atoms with Crippen LogP contribution < -0.4 is 10.5 Å². The van der Waals surface area contributed by atoms with Crippen molar-refractivity contribution in [2.45, 2.75) is 36.5 Å². The van der Waals surface area contributed by atoms with Gasteiger partial charge in [-0.2, -0.15) is 0 Å². The molecule has 0 aromatic rings. The Kier molecular flexibility index (Phi) is 3.17. The van der Waals surface area contributed by atoms with Crippen molar-refractivity contribution in [3.05, 3.63) is 0 Å². The third-order valence-electron chi connectivity index (χ3n) is 3.66. The highest BCUT2D eigenvalue weighted by Gasteiger charge is 2.45. The molecule has 0 radical (unpaired) electrons. The van der Waals surface area contributed by atoms with Crippen molar-refractivity contribution in [3.63, 3.8) is 0 Å². The van der Waals surface area contributed by atoms with Crippen LogP contribution in [0.25, 0.3) is 0 Å². The average molecular weight is 260 g/mol. The largest absolute Gasteiger partial charge is 0.386 e. The molecule has 6 nitrogen and oxygen atoms in total. The van der Waals surface area contributed by atoms with E-state index in [1.165, 1.54) is 0 Å². The standard InChI is InChI=1S/C10H20N4O2S/c1-14-6-4-10(5-7-14,9(11)12)13-17(15,16)8-2-3-8/h8,13H,2-7H2,1H3,(H3,11,12). The van der Waals surface area contributed by atoms with Crippen molar-refractivity contribution in [2.75, 3.05) is 20.1 Å². The SMILES string of the molecule is CN1CCC(NS(=O)(=O)C2CC2)(C(=N)N)CC1. The van der Waals surface area contributed by atoms with Crippen LogP contribution in [0.2, 0.25) is 0 Å². The molecule has 17 heavy (non-hydrogen) atoms. The molecule has 0 atom stereocenters.